The second kappa shape index (κ2) is 70.3. The fourth-order valence-corrected chi connectivity index (χ4v) is 2.46. The van der Waals surface area contributed by atoms with Crippen molar-refractivity contribution in [3.63, 3.8) is 0 Å². The Kier molecular flexibility index (Phi) is 95.2. The fraction of sp³-hybridized carbons (Fsp3) is 0.718. The van der Waals surface area contributed by atoms with Gasteiger partial charge in [-0.2, -0.15) is 0 Å². The Hall–Kier alpha value is -0.344. The summed E-state index contributed by atoms with van der Waals surface area (Å²) in [5, 5.41) is 74.7. The molecule has 2 aromatic carbocycles. The molecule has 0 heterocycles. The maximum absolute atomic E-state index is 10.7. The molecule has 0 spiro atoms. The van der Waals surface area contributed by atoms with Gasteiger partial charge in [0.15, 0.2) is 0 Å². The number of carbonyl (C=O) groups is 1. The van der Waals surface area contributed by atoms with E-state index >= 15 is 0 Å². The number of aromatic carboxylic acids is 1. The second-order valence-electron chi connectivity index (χ2n) is 10.3. The van der Waals surface area contributed by atoms with E-state index < -0.39 is 5.97 Å². The van der Waals surface area contributed by atoms with Crippen molar-refractivity contribution in [1.29, 1.82) is 0 Å². The maximum Gasteiger partial charge on any atom is 4.00 e. The van der Waals surface area contributed by atoms with E-state index in [9.17, 15) is 30.3 Å². The van der Waals surface area contributed by atoms with Crippen molar-refractivity contribution in [2.45, 2.75) is 138 Å². The molecule has 0 aliphatic heterocycles. The van der Waals surface area contributed by atoms with Crippen LogP contribution in [0.15, 0.2) is 42.5 Å². The molecule has 0 aliphatic carbocycles. The Morgan fingerprint density at radius 3 is 0.980 bits per heavy atom. The molecule has 0 radical (unpaired) electrons. The SMILES string of the molecule is CCCCO.CCCCO.CCCCO.CCCC[O-].CCCC[O-].CCCC[O-].CCCC[O-].O=C([O-])c1cccc2ccccc12.[Zr+4].[Zr]. The third-order valence-corrected chi connectivity index (χ3v) is 5.54. The number of hydrogen-bond acceptors (Lipinski definition) is 9. The summed E-state index contributed by atoms with van der Waals surface area (Å²) in [5.74, 6) is -1.13. The molecular weight excluding hydrogens is 795 g/mol. The van der Waals surface area contributed by atoms with Crippen LogP contribution >= 0.6 is 0 Å². The van der Waals surface area contributed by atoms with Crippen LogP contribution in [0.4, 0.5) is 0 Å². The van der Waals surface area contributed by atoms with Gasteiger partial charge in [0.1, 0.15) is 0 Å². The van der Waals surface area contributed by atoms with Crippen molar-refractivity contribution in [2.75, 3.05) is 46.2 Å². The van der Waals surface area contributed by atoms with Gasteiger partial charge in [0.25, 0.3) is 0 Å². The molecule has 0 atom stereocenters. The summed E-state index contributed by atoms with van der Waals surface area (Å²) < 4.78 is 0. The molecule has 2 rings (SSSR count). The van der Waals surface area contributed by atoms with E-state index in [0.29, 0.717) is 19.8 Å². The van der Waals surface area contributed by atoms with Gasteiger partial charge in [-0.15, -0.1) is 26.4 Å². The molecule has 0 unspecified atom stereocenters. The van der Waals surface area contributed by atoms with Gasteiger partial charge in [-0.25, -0.2) is 0 Å². The third-order valence-electron chi connectivity index (χ3n) is 5.54. The molecule has 0 amide bonds. The summed E-state index contributed by atoms with van der Waals surface area (Å²) >= 11 is 0. The van der Waals surface area contributed by atoms with Gasteiger partial charge in [0, 0.05) is 51.6 Å². The minimum Gasteiger partial charge on any atom is -0.854 e. The Labute approximate surface area is 345 Å². The normalized spacial score (nSPS) is 8.52. The van der Waals surface area contributed by atoms with E-state index in [1.54, 1.807) is 18.2 Å². The van der Waals surface area contributed by atoms with Crippen molar-refractivity contribution >= 4 is 16.7 Å². The van der Waals surface area contributed by atoms with E-state index in [1.807, 2.05) is 52.0 Å². The quantitative estimate of drug-likeness (QED) is 0.236. The number of fused-ring (bicyclic) bond motifs is 1. The molecule has 0 aromatic heterocycles. The minimum atomic E-state index is -1.13. The van der Waals surface area contributed by atoms with Crippen molar-refractivity contribution in [2.24, 2.45) is 0 Å². The van der Waals surface area contributed by atoms with E-state index in [4.69, 9.17) is 15.3 Å². The van der Waals surface area contributed by atoms with Crippen molar-refractivity contribution in [3.8, 4) is 0 Å². The van der Waals surface area contributed by atoms with E-state index in [1.165, 1.54) is 0 Å². The molecule has 11 heteroatoms. The van der Waals surface area contributed by atoms with Crippen LogP contribution in [0.3, 0.4) is 0 Å². The van der Waals surface area contributed by atoms with Crippen molar-refractivity contribution in [3.05, 3.63) is 48.0 Å². The average molecular weight is 868 g/mol. The first kappa shape index (κ1) is 67.7. The Morgan fingerprint density at radius 1 is 0.500 bits per heavy atom. The number of carboxylic acids is 1. The topological polar surface area (TPSA) is 193 Å². The van der Waals surface area contributed by atoms with Gasteiger partial charge in [0.05, 0.1) is 5.97 Å². The smallest absolute Gasteiger partial charge is 0.854 e. The summed E-state index contributed by atoms with van der Waals surface area (Å²) in [4.78, 5) is 10.7. The fourth-order valence-electron chi connectivity index (χ4n) is 2.46. The summed E-state index contributed by atoms with van der Waals surface area (Å²) in [6, 6.07) is 12.5. The first-order valence-corrected chi connectivity index (χ1v) is 18.0. The largest absolute Gasteiger partial charge is 4.00 e. The van der Waals surface area contributed by atoms with Crippen molar-refractivity contribution in [1.82, 2.24) is 0 Å². The molecule has 50 heavy (non-hydrogen) atoms. The monoisotopic (exact) mass is 865 g/mol. The predicted octanol–water partition coefficient (Wildman–Crippen LogP) is 4.12. The standard InChI is InChI=1S/C11H8O2.3C4H10O.4C4H9O.2Zr/c12-11(13)10-7-3-5-8-4-1-2-6-9(8)10;7*1-2-3-4-5;;/h1-7H,(H,12,13);3*5H,2-4H2,1H3;4*2-4H2,1H3;;/q;;;;4*-1;;+4/p-1. The number of carboxylic acid groups (broad SMARTS) is 1. The Balaban J connectivity index is -0.0000000700. The first-order valence-electron chi connectivity index (χ1n) is 18.0. The number of carbonyl (C=O) groups excluding carboxylic acids is 1. The number of aliphatic hydroxyl groups excluding tert-OH is 3. The maximum atomic E-state index is 10.7. The zero-order valence-electron chi connectivity index (χ0n) is 32.7. The van der Waals surface area contributed by atoms with Crippen LogP contribution < -0.4 is 25.5 Å². The number of unbranched alkanes of at least 4 members (excludes halogenated alkanes) is 7. The molecule has 3 N–H and O–H groups in total. The molecule has 0 fully saturated rings. The molecule has 0 saturated heterocycles. The van der Waals surface area contributed by atoms with E-state index in [0.717, 1.165) is 101 Å². The molecule has 0 aliphatic rings. The molecule has 2 aromatic rings. The summed E-state index contributed by atoms with van der Waals surface area (Å²) in [6.45, 7) is 15.6. The molecular formula is C39H73O9Zr2-. The van der Waals surface area contributed by atoms with Crippen LogP contribution in [0, 0.1) is 0 Å². The molecule has 9 nitrogen and oxygen atoms in total. The van der Waals surface area contributed by atoms with Crippen molar-refractivity contribution < 1.29 is 98.1 Å². The first-order chi connectivity index (χ1) is 23.2. The number of rotatable bonds is 15. The van der Waals surface area contributed by atoms with Crippen LogP contribution in [0.1, 0.15) is 149 Å². The van der Waals surface area contributed by atoms with E-state index in [-0.39, 0.29) is 84.4 Å². The van der Waals surface area contributed by atoms with Gasteiger partial charge in [0.2, 0.25) is 0 Å². The Bertz CT molecular complexity index is 723. The third kappa shape index (κ3) is 69.4. The molecule has 292 valence electrons. The van der Waals surface area contributed by atoms with Gasteiger partial charge < -0.3 is 45.6 Å². The summed E-state index contributed by atoms with van der Waals surface area (Å²) in [6.07, 6.45) is 13.6. The Morgan fingerprint density at radius 2 is 0.780 bits per heavy atom. The minimum absolute atomic E-state index is 0. The van der Waals surface area contributed by atoms with Gasteiger partial charge in [-0.1, -0.05) is 162 Å². The number of hydrogen-bond donors (Lipinski definition) is 3. The molecule has 0 saturated carbocycles. The summed E-state index contributed by atoms with van der Waals surface area (Å²) in [7, 11) is 0. The van der Waals surface area contributed by atoms with Crippen LogP contribution in [-0.2, 0) is 52.4 Å². The van der Waals surface area contributed by atoms with Crippen LogP contribution in [-0.4, -0.2) is 67.5 Å². The van der Waals surface area contributed by atoms with E-state index in [2.05, 4.69) is 20.8 Å². The molecule has 0 bridgehead atoms. The number of aliphatic hydroxyl groups is 3. The zero-order chi connectivity index (χ0) is 38.1. The van der Waals surface area contributed by atoms with Crippen LogP contribution in [0.25, 0.3) is 10.8 Å². The van der Waals surface area contributed by atoms with Gasteiger partial charge in [-0.05, 0) is 30.0 Å². The summed E-state index contributed by atoms with van der Waals surface area (Å²) in [5.41, 5.74) is 0.248. The zero-order valence-corrected chi connectivity index (χ0v) is 37.6. The van der Waals surface area contributed by atoms with Crippen LogP contribution in [0.2, 0.25) is 0 Å². The second-order valence-corrected chi connectivity index (χ2v) is 10.3. The van der Waals surface area contributed by atoms with Crippen LogP contribution in [0.5, 0.6) is 0 Å². The van der Waals surface area contributed by atoms with Gasteiger partial charge >= 0.3 is 26.2 Å². The predicted molar refractivity (Wildman–Crippen MR) is 193 cm³/mol. The van der Waals surface area contributed by atoms with Gasteiger partial charge in [-0.3, -0.25) is 0 Å². The number of benzene rings is 2. The average Bonchev–Trinajstić information content (AvgIpc) is 3.09.